The number of carbonyl (C=O) groups excluding carboxylic acids is 1. The van der Waals surface area contributed by atoms with E-state index in [1.165, 1.54) is 0 Å². The van der Waals surface area contributed by atoms with Crippen LogP contribution in [0.15, 0.2) is 42.9 Å². The Kier molecular flexibility index (Phi) is 2.79. The second-order valence-corrected chi connectivity index (χ2v) is 4.47. The van der Waals surface area contributed by atoms with Gasteiger partial charge in [0.1, 0.15) is 0 Å². The third-order valence-electron chi connectivity index (χ3n) is 3.21. The number of carbonyl (C=O) groups is 1. The summed E-state index contributed by atoms with van der Waals surface area (Å²) in [6.45, 7) is 1.93. The third kappa shape index (κ3) is 2.10. The number of H-pyrrole nitrogens is 2. The Morgan fingerprint density at radius 1 is 1.37 bits per heavy atom. The van der Waals surface area contributed by atoms with E-state index in [4.69, 9.17) is 0 Å². The van der Waals surface area contributed by atoms with Crippen molar-refractivity contribution in [3.8, 4) is 0 Å². The maximum absolute atomic E-state index is 12.3. The first-order valence-corrected chi connectivity index (χ1v) is 6.11. The predicted octanol–water partition coefficient (Wildman–Crippen LogP) is 2.38. The van der Waals surface area contributed by atoms with E-state index in [1.54, 1.807) is 12.4 Å². The minimum atomic E-state index is -0.0844. The lowest BCUT2D eigenvalue weighted by Gasteiger charge is -2.12. The molecule has 3 N–H and O–H groups in total. The Bertz CT molecular complexity index is 699. The van der Waals surface area contributed by atoms with Crippen LogP contribution in [0.4, 0.5) is 0 Å². The van der Waals surface area contributed by atoms with Crippen molar-refractivity contribution in [3.05, 3.63) is 54.0 Å². The minimum Gasteiger partial charge on any atom is -0.361 e. The van der Waals surface area contributed by atoms with Gasteiger partial charge in [-0.2, -0.15) is 5.10 Å². The normalized spacial score (nSPS) is 12.5. The highest BCUT2D eigenvalue weighted by Gasteiger charge is 2.14. The molecular weight excluding hydrogens is 240 g/mol. The smallest absolute Gasteiger partial charge is 0.252 e. The summed E-state index contributed by atoms with van der Waals surface area (Å²) >= 11 is 0. The Labute approximate surface area is 110 Å². The maximum atomic E-state index is 12.3. The van der Waals surface area contributed by atoms with E-state index in [-0.39, 0.29) is 11.9 Å². The van der Waals surface area contributed by atoms with Crippen LogP contribution in [0, 0.1) is 0 Å². The molecule has 0 aliphatic carbocycles. The van der Waals surface area contributed by atoms with Crippen LogP contribution < -0.4 is 5.32 Å². The van der Waals surface area contributed by atoms with Crippen molar-refractivity contribution in [1.29, 1.82) is 0 Å². The summed E-state index contributed by atoms with van der Waals surface area (Å²) in [4.78, 5) is 15.4. The fourth-order valence-corrected chi connectivity index (χ4v) is 2.14. The largest absolute Gasteiger partial charge is 0.361 e. The molecule has 2 heterocycles. The quantitative estimate of drug-likeness (QED) is 0.671. The molecular formula is C14H14N4O. The van der Waals surface area contributed by atoms with Crippen LogP contribution in [0.1, 0.15) is 28.9 Å². The van der Waals surface area contributed by atoms with Crippen LogP contribution in [0.3, 0.4) is 0 Å². The fourth-order valence-electron chi connectivity index (χ4n) is 2.14. The van der Waals surface area contributed by atoms with Gasteiger partial charge >= 0.3 is 0 Å². The van der Waals surface area contributed by atoms with E-state index < -0.39 is 0 Å². The second kappa shape index (κ2) is 4.61. The first-order chi connectivity index (χ1) is 9.25. The summed E-state index contributed by atoms with van der Waals surface area (Å²) in [6.07, 6.45) is 5.32. The minimum absolute atomic E-state index is 0.0829. The number of aromatic amines is 2. The van der Waals surface area contributed by atoms with E-state index in [2.05, 4.69) is 20.5 Å². The van der Waals surface area contributed by atoms with Gasteiger partial charge in [0.05, 0.1) is 12.2 Å². The zero-order valence-electron chi connectivity index (χ0n) is 10.5. The molecule has 3 rings (SSSR count). The van der Waals surface area contributed by atoms with Gasteiger partial charge in [0, 0.05) is 34.4 Å². The average molecular weight is 254 g/mol. The van der Waals surface area contributed by atoms with Crippen LogP contribution in [0.25, 0.3) is 10.9 Å². The van der Waals surface area contributed by atoms with Gasteiger partial charge in [-0.05, 0) is 25.1 Å². The lowest BCUT2D eigenvalue weighted by Crippen LogP contribution is -2.26. The number of amides is 1. The van der Waals surface area contributed by atoms with Crippen molar-refractivity contribution in [2.75, 3.05) is 0 Å². The number of nitrogens with zero attached hydrogens (tertiary/aromatic N) is 1. The molecule has 1 aromatic carbocycles. The van der Waals surface area contributed by atoms with E-state index in [0.717, 1.165) is 16.5 Å². The highest BCUT2D eigenvalue weighted by molar-refractivity contribution is 6.06. The first kappa shape index (κ1) is 11.5. The van der Waals surface area contributed by atoms with Gasteiger partial charge in [-0.1, -0.05) is 6.07 Å². The fraction of sp³-hybridized carbons (Fsp3) is 0.143. The molecule has 1 unspecified atom stereocenters. The molecule has 5 heteroatoms. The van der Waals surface area contributed by atoms with Gasteiger partial charge in [-0.15, -0.1) is 0 Å². The predicted molar refractivity (Wildman–Crippen MR) is 72.8 cm³/mol. The summed E-state index contributed by atoms with van der Waals surface area (Å²) in [6, 6.07) is 7.47. The van der Waals surface area contributed by atoms with E-state index in [1.807, 2.05) is 37.4 Å². The molecule has 1 amide bonds. The van der Waals surface area contributed by atoms with Crippen LogP contribution in [0.5, 0.6) is 0 Å². The summed E-state index contributed by atoms with van der Waals surface area (Å²) in [7, 11) is 0. The highest BCUT2D eigenvalue weighted by Crippen LogP contribution is 2.18. The number of fused-ring (bicyclic) bond motifs is 1. The Hall–Kier alpha value is -2.56. The van der Waals surface area contributed by atoms with Crippen molar-refractivity contribution in [2.24, 2.45) is 0 Å². The molecule has 0 aliphatic rings. The van der Waals surface area contributed by atoms with Gasteiger partial charge in [0.2, 0.25) is 0 Å². The molecule has 19 heavy (non-hydrogen) atoms. The number of rotatable bonds is 3. The van der Waals surface area contributed by atoms with Gasteiger partial charge in [-0.25, -0.2) is 0 Å². The molecule has 2 aromatic heterocycles. The molecule has 96 valence electrons. The average Bonchev–Trinajstić information content (AvgIpc) is 3.08. The summed E-state index contributed by atoms with van der Waals surface area (Å²) in [5.74, 6) is -0.0844. The Morgan fingerprint density at radius 3 is 3.05 bits per heavy atom. The number of nitrogens with one attached hydrogen (secondary N) is 3. The lowest BCUT2D eigenvalue weighted by molar-refractivity contribution is 0.0941. The van der Waals surface area contributed by atoms with Crippen LogP contribution in [-0.4, -0.2) is 21.1 Å². The van der Waals surface area contributed by atoms with Crippen LogP contribution >= 0.6 is 0 Å². The first-order valence-electron chi connectivity index (χ1n) is 6.11. The van der Waals surface area contributed by atoms with Crippen molar-refractivity contribution in [1.82, 2.24) is 20.5 Å². The van der Waals surface area contributed by atoms with E-state index >= 15 is 0 Å². The lowest BCUT2D eigenvalue weighted by atomic mass is 10.1. The van der Waals surface area contributed by atoms with Crippen molar-refractivity contribution in [3.63, 3.8) is 0 Å². The Morgan fingerprint density at radius 2 is 2.26 bits per heavy atom. The molecule has 5 nitrogen and oxygen atoms in total. The van der Waals surface area contributed by atoms with E-state index in [9.17, 15) is 4.79 Å². The molecule has 0 fully saturated rings. The van der Waals surface area contributed by atoms with Crippen LogP contribution in [-0.2, 0) is 0 Å². The number of benzene rings is 1. The van der Waals surface area contributed by atoms with Crippen molar-refractivity contribution < 1.29 is 4.79 Å². The third-order valence-corrected chi connectivity index (χ3v) is 3.21. The molecule has 0 saturated carbocycles. The molecule has 0 bridgehead atoms. The van der Waals surface area contributed by atoms with Gasteiger partial charge in [-0.3, -0.25) is 9.89 Å². The second-order valence-electron chi connectivity index (χ2n) is 4.47. The zero-order valence-corrected chi connectivity index (χ0v) is 10.5. The summed E-state index contributed by atoms with van der Waals surface area (Å²) in [5.41, 5.74) is 2.59. The SMILES string of the molecule is CC(NC(=O)c1cccc2[nH]ccc12)c1cn[nH]c1. The molecule has 0 spiro atoms. The summed E-state index contributed by atoms with van der Waals surface area (Å²) in [5, 5.41) is 10.5. The highest BCUT2D eigenvalue weighted by atomic mass is 16.1. The molecule has 0 aliphatic heterocycles. The van der Waals surface area contributed by atoms with Gasteiger partial charge in [0.25, 0.3) is 5.91 Å². The number of hydrogen-bond acceptors (Lipinski definition) is 2. The molecule has 1 atom stereocenters. The monoisotopic (exact) mass is 254 g/mol. The van der Waals surface area contributed by atoms with E-state index in [0.29, 0.717) is 5.56 Å². The van der Waals surface area contributed by atoms with Crippen LogP contribution in [0.2, 0.25) is 0 Å². The standard InChI is InChI=1S/C14H14N4O/c1-9(10-7-16-17-8-10)18-14(19)12-3-2-4-13-11(12)5-6-15-13/h2-9,15H,1H3,(H,16,17)(H,18,19). The molecule has 3 aromatic rings. The van der Waals surface area contributed by atoms with Crippen molar-refractivity contribution >= 4 is 16.8 Å². The number of hydrogen-bond donors (Lipinski definition) is 3. The van der Waals surface area contributed by atoms with Gasteiger partial charge < -0.3 is 10.3 Å². The summed E-state index contributed by atoms with van der Waals surface area (Å²) < 4.78 is 0. The topological polar surface area (TPSA) is 73.6 Å². The molecule has 0 saturated heterocycles. The maximum Gasteiger partial charge on any atom is 0.252 e. The molecule has 0 radical (unpaired) electrons. The zero-order chi connectivity index (χ0) is 13.2. The Balaban J connectivity index is 1.86. The van der Waals surface area contributed by atoms with Crippen molar-refractivity contribution in [2.45, 2.75) is 13.0 Å². The van der Waals surface area contributed by atoms with Gasteiger partial charge in [0.15, 0.2) is 0 Å². The number of aromatic nitrogens is 3.